The van der Waals surface area contributed by atoms with Crippen LogP contribution in [0.15, 0.2) is 11.8 Å². The first-order chi connectivity index (χ1) is 11.0. The fraction of sp³-hybridized carbons (Fsp3) is 0.833. The van der Waals surface area contributed by atoms with E-state index in [0.717, 1.165) is 25.2 Å². The molecule has 0 aromatic heterocycles. The highest BCUT2D eigenvalue weighted by molar-refractivity contribution is 5.85. The van der Waals surface area contributed by atoms with E-state index < -0.39 is 6.29 Å². The highest BCUT2D eigenvalue weighted by atomic mass is 16.7. The minimum absolute atomic E-state index is 0.166. The molecule has 2 aliphatic heterocycles. The van der Waals surface area contributed by atoms with E-state index in [2.05, 4.69) is 25.7 Å². The van der Waals surface area contributed by atoms with Gasteiger partial charge in [0.05, 0.1) is 25.0 Å². The number of hydrogen-bond donors (Lipinski definition) is 0. The van der Waals surface area contributed by atoms with Gasteiger partial charge in [0.25, 0.3) is 0 Å². The lowest BCUT2D eigenvalue weighted by molar-refractivity contribution is -0.185. The van der Waals surface area contributed by atoms with Gasteiger partial charge in [0.2, 0.25) is 6.29 Å². The smallest absolute Gasteiger partial charge is 0.335 e. The van der Waals surface area contributed by atoms with E-state index in [0.29, 0.717) is 31.0 Å². The van der Waals surface area contributed by atoms with Crippen molar-refractivity contribution in [1.82, 2.24) is 4.90 Å². The van der Waals surface area contributed by atoms with E-state index in [1.165, 1.54) is 12.8 Å². The molecule has 0 amide bonds. The minimum atomic E-state index is -0.544. The number of morpholine rings is 1. The Morgan fingerprint density at radius 3 is 2.70 bits per heavy atom. The maximum Gasteiger partial charge on any atom is 0.335 e. The van der Waals surface area contributed by atoms with Crippen molar-refractivity contribution < 1.29 is 19.0 Å². The molecule has 2 heterocycles. The van der Waals surface area contributed by atoms with Crippen molar-refractivity contribution >= 4 is 5.97 Å². The maximum atomic E-state index is 11.8. The van der Waals surface area contributed by atoms with Crippen molar-refractivity contribution in [3.63, 3.8) is 0 Å². The Kier molecular flexibility index (Phi) is 5.27. The molecule has 1 saturated heterocycles. The molecule has 0 spiro atoms. The molecule has 23 heavy (non-hydrogen) atoms. The van der Waals surface area contributed by atoms with Crippen molar-refractivity contribution in [1.29, 1.82) is 0 Å². The summed E-state index contributed by atoms with van der Waals surface area (Å²) in [5.74, 6) is 1.50. The Bertz CT molecular complexity index is 456. The van der Waals surface area contributed by atoms with Gasteiger partial charge in [-0.05, 0) is 30.6 Å². The predicted molar refractivity (Wildman–Crippen MR) is 86.6 cm³/mol. The zero-order valence-corrected chi connectivity index (χ0v) is 14.5. The quantitative estimate of drug-likeness (QED) is 0.744. The summed E-state index contributed by atoms with van der Waals surface area (Å²) in [6, 6.07) is 0. The highest BCUT2D eigenvalue weighted by Crippen LogP contribution is 2.37. The average Bonchev–Trinajstić information content (AvgIpc) is 2.88. The van der Waals surface area contributed by atoms with Gasteiger partial charge >= 0.3 is 5.97 Å². The number of ether oxygens (including phenoxy) is 3. The molecule has 0 bridgehead atoms. The first kappa shape index (κ1) is 16.8. The lowest BCUT2D eigenvalue weighted by Crippen LogP contribution is -2.42. The second-order valence-corrected chi connectivity index (χ2v) is 7.44. The van der Waals surface area contributed by atoms with E-state index >= 15 is 0 Å². The average molecular weight is 323 g/mol. The van der Waals surface area contributed by atoms with Crippen molar-refractivity contribution in [2.75, 3.05) is 26.3 Å². The van der Waals surface area contributed by atoms with Gasteiger partial charge in [-0.15, -0.1) is 0 Å². The summed E-state index contributed by atoms with van der Waals surface area (Å²) in [4.78, 5) is 14.0. The van der Waals surface area contributed by atoms with Crippen LogP contribution in [-0.4, -0.2) is 49.6 Å². The van der Waals surface area contributed by atoms with Crippen LogP contribution < -0.4 is 0 Å². The number of rotatable bonds is 4. The first-order valence-corrected chi connectivity index (χ1v) is 8.95. The summed E-state index contributed by atoms with van der Waals surface area (Å²) in [5, 5.41) is 0. The number of nitrogens with zero attached hydrogens (tertiary/aromatic N) is 1. The zero-order chi connectivity index (χ0) is 16.4. The standard InChI is InChI=1S/C18H29NO4/c1-12(2)14-5-4-13(3)10-16(14)22-18-15(11-17(20)23-18)19-6-8-21-9-7-19/h11-14,16,18H,4-10H2,1-3H3/t13-,14+,16-,18-/m1/s1. The molecule has 1 aliphatic carbocycles. The molecule has 0 aromatic carbocycles. The second kappa shape index (κ2) is 7.22. The molecule has 5 heteroatoms. The first-order valence-electron chi connectivity index (χ1n) is 8.95. The third-order valence-electron chi connectivity index (χ3n) is 5.37. The van der Waals surface area contributed by atoms with E-state index in [1.54, 1.807) is 6.08 Å². The Morgan fingerprint density at radius 1 is 1.26 bits per heavy atom. The molecule has 0 unspecified atom stereocenters. The topological polar surface area (TPSA) is 48.0 Å². The SMILES string of the molecule is CC(C)[C@@H]1CC[C@@H](C)C[C@H]1O[C@@H]1OC(=O)C=C1N1CCOCC1. The van der Waals surface area contributed by atoms with Crippen LogP contribution in [0.2, 0.25) is 0 Å². The fourth-order valence-corrected chi connectivity index (χ4v) is 3.98. The largest absolute Gasteiger partial charge is 0.426 e. The third-order valence-corrected chi connectivity index (χ3v) is 5.37. The normalized spacial score (nSPS) is 35.4. The van der Waals surface area contributed by atoms with E-state index in [4.69, 9.17) is 14.2 Å². The van der Waals surface area contributed by atoms with Crippen LogP contribution in [0.4, 0.5) is 0 Å². The molecule has 130 valence electrons. The molecule has 0 N–H and O–H groups in total. The monoisotopic (exact) mass is 323 g/mol. The van der Waals surface area contributed by atoms with Gasteiger partial charge in [0.15, 0.2) is 0 Å². The number of esters is 1. The minimum Gasteiger partial charge on any atom is -0.426 e. The zero-order valence-electron chi connectivity index (χ0n) is 14.5. The van der Waals surface area contributed by atoms with Crippen LogP contribution in [0.1, 0.15) is 40.0 Å². The van der Waals surface area contributed by atoms with Crippen molar-refractivity contribution in [2.24, 2.45) is 17.8 Å². The van der Waals surface area contributed by atoms with Crippen molar-refractivity contribution in [3.8, 4) is 0 Å². The summed E-state index contributed by atoms with van der Waals surface area (Å²) in [6.45, 7) is 9.76. The van der Waals surface area contributed by atoms with E-state index in [-0.39, 0.29) is 12.1 Å². The third kappa shape index (κ3) is 3.89. The molecule has 3 rings (SSSR count). The lowest BCUT2D eigenvalue weighted by Gasteiger charge is -2.39. The molecule has 5 nitrogen and oxygen atoms in total. The van der Waals surface area contributed by atoms with Crippen LogP contribution in [0.5, 0.6) is 0 Å². The van der Waals surface area contributed by atoms with E-state index in [1.807, 2.05) is 0 Å². The van der Waals surface area contributed by atoms with Gasteiger partial charge in [0.1, 0.15) is 0 Å². The van der Waals surface area contributed by atoms with Gasteiger partial charge < -0.3 is 19.1 Å². The van der Waals surface area contributed by atoms with Crippen molar-refractivity contribution in [3.05, 3.63) is 11.8 Å². The van der Waals surface area contributed by atoms with Crippen LogP contribution in [-0.2, 0) is 19.0 Å². The molecule has 2 fully saturated rings. The van der Waals surface area contributed by atoms with Gasteiger partial charge in [-0.1, -0.05) is 27.2 Å². The Balaban J connectivity index is 1.69. The van der Waals surface area contributed by atoms with Crippen molar-refractivity contribution in [2.45, 2.75) is 52.4 Å². The number of cyclic esters (lactones) is 1. The molecule has 0 radical (unpaired) electrons. The fourth-order valence-electron chi connectivity index (χ4n) is 3.98. The van der Waals surface area contributed by atoms with Gasteiger partial charge in [-0.25, -0.2) is 4.79 Å². The second-order valence-electron chi connectivity index (χ2n) is 7.44. The lowest BCUT2D eigenvalue weighted by atomic mass is 9.75. The highest BCUT2D eigenvalue weighted by Gasteiger charge is 2.38. The molecular formula is C18H29NO4. The van der Waals surface area contributed by atoms with Crippen LogP contribution in [0.25, 0.3) is 0 Å². The molecule has 1 saturated carbocycles. The van der Waals surface area contributed by atoms with Crippen LogP contribution >= 0.6 is 0 Å². The summed E-state index contributed by atoms with van der Waals surface area (Å²) in [7, 11) is 0. The molecule has 4 atom stereocenters. The molecule has 3 aliphatic rings. The van der Waals surface area contributed by atoms with Crippen LogP contribution in [0, 0.1) is 17.8 Å². The Labute approximate surface area is 138 Å². The predicted octanol–water partition coefficient (Wildman–Crippen LogP) is 2.56. The summed E-state index contributed by atoms with van der Waals surface area (Å²) >= 11 is 0. The summed E-state index contributed by atoms with van der Waals surface area (Å²) in [6.07, 6.45) is 4.72. The van der Waals surface area contributed by atoms with Gasteiger partial charge in [0, 0.05) is 19.2 Å². The number of carbonyl (C=O) groups excluding carboxylic acids is 1. The Hall–Kier alpha value is -1.07. The van der Waals surface area contributed by atoms with E-state index in [9.17, 15) is 4.79 Å². The van der Waals surface area contributed by atoms with Gasteiger partial charge in [-0.2, -0.15) is 0 Å². The number of carbonyl (C=O) groups is 1. The maximum absolute atomic E-state index is 11.8. The molecule has 0 aromatic rings. The Morgan fingerprint density at radius 2 is 2.00 bits per heavy atom. The number of hydrogen-bond acceptors (Lipinski definition) is 5. The summed E-state index contributed by atoms with van der Waals surface area (Å²) < 4.78 is 17.2. The molecular weight excluding hydrogens is 294 g/mol. The van der Waals surface area contributed by atoms with Gasteiger partial charge in [-0.3, -0.25) is 0 Å². The van der Waals surface area contributed by atoms with Crippen LogP contribution in [0.3, 0.4) is 0 Å². The summed E-state index contributed by atoms with van der Waals surface area (Å²) in [5.41, 5.74) is 0.874.